The number of aryl methyl sites for hydroxylation is 2. The lowest BCUT2D eigenvalue weighted by Crippen LogP contribution is -2.01. The van der Waals surface area contributed by atoms with Gasteiger partial charge in [-0.15, -0.1) is 0 Å². The van der Waals surface area contributed by atoms with Crippen LogP contribution in [0.5, 0.6) is 11.5 Å². The lowest BCUT2D eigenvalue weighted by atomic mass is 10.00. The van der Waals surface area contributed by atoms with Gasteiger partial charge in [0.05, 0.1) is 11.1 Å². The van der Waals surface area contributed by atoms with Crippen LogP contribution in [0.4, 0.5) is 0 Å². The number of halogens is 2. The van der Waals surface area contributed by atoms with Gasteiger partial charge in [-0.05, 0) is 62.1 Å². The number of Topliss-reactive ketones (excluding diaryl/α,β-unsaturated/α-hetero) is 2. The van der Waals surface area contributed by atoms with Gasteiger partial charge in [0, 0.05) is 22.9 Å². The SMILES string of the molecule is Cc1cc(O)c(C(=O)CCCCCCCCC(=O)c2cc(Cl)c(C)cc2O)cc1Cl. The fraction of sp³-hybridized carbons (Fsp3) is 0.417. The second-order valence-corrected chi connectivity index (χ2v) is 8.52. The molecule has 0 heterocycles. The van der Waals surface area contributed by atoms with E-state index in [9.17, 15) is 19.8 Å². The van der Waals surface area contributed by atoms with Crippen LogP contribution in [-0.2, 0) is 0 Å². The molecule has 2 rings (SSSR count). The summed E-state index contributed by atoms with van der Waals surface area (Å²) in [5, 5.41) is 20.8. The van der Waals surface area contributed by atoms with Crippen LogP contribution in [-0.4, -0.2) is 21.8 Å². The number of aromatic hydroxyl groups is 2. The Morgan fingerprint density at radius 3 is 1.37 bits per heavy atom. The molecule has 2 aromatic carbocycles. The number of phenolic OH excluding ortho intramolecular Hbond substituents is 2. The summed E-state index contributed by atoms with van der Waals surface area (Å²) in [5.74, 6) is -0.243. The third kappa shape index (κ3) is 6.75. The number of benzene rings is 2. The minimum atomic E-state index is -0.100. The average Bonchev–Trinajstić information content (AvgIpc) is 2.69. The molecule has 6 heteroatoms. The van der Waals surface area contributed by atoms with Crippen molar-refractivity contribution in [2.45, 2.75) is 65.2 Å². The second-order valence-electron chi connectivity index (χ2n) is 7.70. The molecule has 0 radical (unpaired) electrons. The monoisotopic (exact) mass is 450 g/mol. The predicted octanol–water partition coefficient (Wildman–Crippen LogP) is 7.21. The van der Waals surface area contributed by atoms with E-state index in [1.165, 1.54) is 24.3 Å². The van der Waals surface area contributed by atoms with E-state index in [2.05, 4.69) is 0 Å². The van der Waals surface area contributed by atoms with Gasteiger partial charge in [-0.3, -0.25) is 9.59 Å². The van der Waals surface area contributed by atoms with E-state index in [0.29, 0.717) is 22.9 Å². The molecular formula is C24H28Cl2O4. The van der Waals surface area contributed by atoms with E-state index in [1.54, 1.807) is 13.8 Å². The van der Waals surface area contributed by atoms with Crippen molar-refractivity contribution in [2.75, 3.05) is 0 Å². The molecule has 2 aromatic rings. The summed E-state index contributed by atoms with van der Waals surface area (Å²) in [5.41, 5.74) is 2.04. The third-order valence-electron chi connectivity index (χ3n) is 5.21. The van der Waals surface area contributed by atoms with Crippen molar-refractivity contribution in [1.29, 1.82) is 0 Å². The standard InChI is InChI=1S/C24H28Cl2O4/c1-15-11-23(29)17(13-19(15)25)21(27)9-7-5-3-4-6-8-10-22(28)18-14-20(26)16(2)12-24(18)30/h11-14,29-30H,3-10H2,1-2H3. The maximum Gasteiger partial charge on any atom is 0.166 e. The topological polar surface area (TPSA) is 74.6 Å². The molecule has 0 aliphatic heterocycles. The van der Waals surface area contributed by atoms with Crippen LogP contribution in [0.1, 0.15) is 83.2 Å². The summed E-state index contributed by atoms with van der Waals surface area (Å²) in [6.07, 6.45) is 6.02. The Bertz CT molecular complexity index is 846. The number of carbonyl (C=O) groups is 2. The van der Waals surface area contributed by atoms with E-state index >= 15 is 0 Å². The lowest BCUT2D eigenvalue weighted by molar-refractivity contribution is 0.0966. The number of phenols is 2. The van der Waals surface area contributed by atoms with Gasteiger partial charge in [-0.25, -0.2) is 0 Å². The summed E-state index contributed by atoms with van der Waals surface area (Å²) in [4.78, 5) is 24.5. The Labute approximate surface area is 187 Å². The molecule has 0 saturated heterocycles. The van der Waals surface area contributed by atoms with E-state index in [-0.39, 0.29) is 34.2 Å². The third-order valence-corrected chi connectivity index (χ3v) is 6.03. The van der Waals surface area contributed by atoms with Gasteiger partial charge in [-0.1, -0.05) is 48.9 Å². The summed E-state index contributed by atoms with van der Waals surface area (Å²) < 4.78 is 0. The fourth-order valence-corrected chi connectivity index (χ4v) is 3.65. The summed E-state index contributed by atoms with van der Waals surface area (Å²) in [6, 6.07) is 6.09. The van der Waals surface area contributed by atoms with Crippen LogP contribution >= 0.6 is 23.2 Å². The Kier molecular flexibility index (Phi) is 9.19. The Morgan fingerprint density at radius 2 is 1.00 bits per heavy atom. The van der Waals surface area contributed by atoms with Gasteiger partial charge in [0.25, 0.3) is 0 Å². The molecule has 0 aromatic heterocycles. The van der Waals surface area contributed by atoms with Crippen LogP contribution in [0.3, 0.4) is 0 Å². The molecule has 30 heavy (non-hydrogen) atoms. The highest BCUT2D eigenvalue weighted by molar-refractivity contribution is 6.32. The van der Waals surface area contributed by atoms with Crippen molar-refractivity contribution in [3.63, 3.8) is 0 Å². The predicted molar refractivity (Wildman–Crippen MR) is 121 cm³/mol. The van der Waals surface area contributed by atoms with Crippen LogP contribution < -0.4 is 0 Å². The number of ketones is 2. The molecule has 4 nitrogen and oxygen atoms in total. The first-order chi connectivity index (χ1) is 14.2. The Morgan fingerprint density at radius 1 is 0.667 bits per heavy atom. The Hall–Kier alpha value is -2.04. The zero-order chi connectivity index (χ0) is 22.3. The molecule has 0 aliphatic carbocycles. The molecule has 0 bridgehead atoms. The Balaban J connectivity index is 1.63. The van der Waals surface area contributed by atoms with Crippen molar-refractivity contribution in [3.8, 4) is 11.5 Å². The smallest absolute Gasteiger partial charge is 0.166 e. The van der Waals surface area contributed by atoms with Crippen LogP contribution in [0.25, 0.3) is 0 Å². The van der Waals surface area contributed by atoms with E-state index in [4.69, 9.17) is 23.2 Å². The van der Waals surface area contributed by atoms with Crippen LogP contribution in [0.2, 0.25) is 10.0 Å². The molecule has 0 unspecified atom stereocenters. The molecule has 0 aliphatic rings. The molecule has 0 spiro atoms. The lowest BCUT2D eigenvalue weighted by Gasteiger charge is -2.07. The van der Waals surface area contributed by atoms with Gasteiger partial charge in [0.2, 0.25) is 0 Å². The van der Waals surface area contributed by atoms with Gasteiger partial charge in [0.15, 0.2) is 11.6 Å². The van der Waals surface area contributed by atoms with Crippen LogP contribution in [0.15, 0.2) is 24.3 Å². The average molecular weight is 451 g/mol. The maximum absolute atomic E-state index is 12.3. The largest absolute Gasteiger partial charge is 0.507 e. The van der Waals surface area contributed by atoms with E-state index < -0.39 is 0 Å². The maximum atomic E-state index is 12.3. The van der Waals surface area contributed by atoms with Crippen molar-refractivity contribution in [3.05, 3.63) is 56.6 Å². The van der Waals surface area contributed by atoms with Gasteiger partial charge in [-0.2, -0.15) is 0 Å². The number of unbranched alkanes of at least 4 members (excludes halogenated alkanes) is 5. The normalized spacial score (nSPS) is 10.9. The van der Waals surface area contributed by atoms with Crippen molar-refractivity contribution < 1.29 is 19.8 Å². The van der Waals surface area contributed by atoms with Gasteiger partial charge < -0.3 is 10.2 Å². The highest BCUT2D eigenvalue weighted by Gasteiger charge is 2.14. The van der Waals surface area contributed by atoms with Gasteiger partial charge in [0.1, 0.15) is 11.5 Å². The first-order valence-corrected chi connectivity index (χ1v) is 11.0. The fourth-order valence-electron chi connectivity index (χ4n) is 3.33. The second kappa shape index (κ2) is 11.4. The number of hydrogen-bond acceptors (Lipinski definition) is 4. The molecule has 162 valence electrons. The summed E-state index contributed by atoms with van der Waals surface area (Å²) >= 11 is 12.1. The highest BCUT2D eigenvalue weighted by atomic mass is 35.5. The number of rotatable bonds is 11. The molecule has 0 amide bonds. The first kappa shape index (κ1) is 24.2. The minimum absolute atomic E-state index is 0.0209. The zero-order valence-electron chi connectivity index (χ0n) is 17.4. The van der Waals surface area contributed by atoms with Crippen molar-refractivity contribution in [2.24, 2.45) is 0 Å². The summed E-state index contributed by atoms with van der Waals surface area (Å²) in [7, 11) is 0. The molecule has 0 saturated carbocycles. The van der Waals surface area contributed by atoms with Crippen molar-refractivity contribution in [1.82, 2.24) is 0 Å². The minimum Gasteiger partial charge on any atom is -0.507 e. The number of hydrogen-bond donors (Lipinski definition) is 2. The van der Waals surface area contributed by atoms with Gasteiger partial charge >= 0.3 is 0 Å². The molecule has 2 N–H and O–H groups in total. The zero-order valence-corrected chi connectivity index (χ0v) is 18.9. The quantitative estimate of drug-likeness (QED) is 0.280. The number of carbonyl (C=O) groups excluding carboxylic acids is 2. The van der Waals surface area contributed by atoms with Crippen molar-refractivity contribution >= 4 is 34.8 Å². The molecule has 0 fully saturated rings. The van der Waals surface area contributed by atoms with Crippen LogP contribution in [0, 0.1) is 13.8 Å². The van der Waals surface area contributed by atoms with E-state index in [0.717, 1.165) is 49.7 Å². The summed E-state index contributed by atoms with van der Waals surface area (Å²) in [6.45, 7) is 3.56. The molecule has 0 atom stereocenters. The first-order valence-electron chi connectivity index (χ1n) is 10.2. The van der Waals surface area contributed by atoms with E-state index in [1.807, 2.05) is 0 Å². The highest BCUT2D eigenvalue weighted by Crippen LogP contribution is 2.28. The molecular weight excluding hydrogens is 423 g/mol.